The summed E-state index contributed by atoms with van der Waals surface area (Å²) >= 11 is 1.55. The number of amides is 1. The van der Waals surface area contributed by atoms with Gasteiger partial charge in [0.05, 0.1) is 5.75 Å². The largest absolute Gasteiger partial charge is 0.370 e. The predicted molar refractivity (Wildman–Crippen MR) is 80.5 cm³/mol. The van der Waals surface area contributed by atoms with Gasteiger partial charge in [0.2, 0.25) is 5.91 Å². The molecule has 0 aromatic heterocycles. The number of anilines is 1. The average Bonchev–Trinajstić information content (AvgIpc) is 2.35. The lowest BCUT2D eigenvalue weighted by Crippen LogP contribution is -2.35. The van der Waals surface area contributed by atoms with Gasteiger partial charge in [-0.3, -0.25) is 4.79 Å². The molecular weight excluding hydrogens is 244 g/mol. The van der Waals surface area contributed by atoms with Gasteiger partial charge < -0.3 is 10.2 Å². The number of nitrogens with zero attached hydrogens (tertiary/aromatic N) is 1. The molecule has 0 unspecified atom stereocenters. The van der Waals surface area contributed by atoms with Crippen LogP contribution in [0.4, 0.5) is 5.69 Å². The lowest BCUT2D eigenvalue weighted by molar-refractivity contribution is -0.118. The summed E-state index contributed by atoms with van der Waals surface area (Å²) in [7, 11) is 0. The first-order valence-electron chi connectivity index (χ1n) is 6.24. The number of rotatable bonds is 7. The molecule has 0 aliphatic heterocycles. The van der Waals surface area contributed by atoms with Crippen LogP contribution in [-0.4, -0.2) is 37.6 Å². The second-order valence-corrected chi connectivity index (χ2v) is 5.07. The number of aryl methyl sites for hydroxylation is 1. The molecule has 0 saturated carbocycles. The molecule has 1 aromatic rings. The number of hydrogen-bond donors (Lipinski definition) is 1. The summed E-state index contributed by atoms with van der Waals surface area (Å²) in [4.78, 5) is 13.6. The molecule has 0 bridgehead atoms. The van der Waals surface area contributed by atoms with Gasteiger partial charge in [0, 0.05) is 25.3 Å². The Bertz CT molecular complexity index is 382. The first-order chi connectivity index (χ1) is 8.67. The predicted octanol–water partition coefficient (Wildman–Crippen LogP) is 2.30. The SMILES string of the molecule is CCN(CCNC(=O)CSC)c1cccc(C)c1. The van der Waals surface area contributed by atoms with Crippen molar-refractivity contribution in [3.63, 3.8) is 0 Å². The molecule has 1 rings (SSSR count). The van der Waals surface area contributed by atoms with Crippen LogP contribution in [0.15, 0.2) is 24.3 Å². The third kappa shape index (κ3) is 5.00. The molecule has 0 heterocycles. The zero-order valence-electron chi connectivity index (χ0n) is 11.4. The van der Waals surface area contributed by atoms with Gasteiger partial charge >= 0.3 is 0 Å². The zero-order valence-corrected chi connectivity index (χ0v) is 12.2. The Hall–Kier alpha value is -1.16. The van der Waals surface area contributed by atoms with E-state index in [1.165, 1.54) is 11.3 Å². The van der Waals surface area contributed by atoms with Crippen LogP contribution in [-0.2, 0) is 4.79 Å². The molecule has 0 aliphatic rings. The quantitative estimate of drug-likeness (QED) is 0.822. The lowest BCUT2D eigenvalue weighted by Gasteiger charge is -2.23. The molecule has 1 N–H and O–H groups in total. The topological polar surface area (TPSA) is 32.3 Å². The average molecular weight is 266 g/mol. The third-order valence-corrected chi connectivity index (χ3v) is 3.28. The van der Waals surface area contributed by atoms with Crippen LogP contribution in [0, 0.1) is 6.92 Å². The molecule has 3 nitrogen and oxygen atoms in total. The van der Waals surface area contributed by atoms with E-state index in [0.717, 1.165) is 13.1 Å². The van der Waals surface area contributed by atoms with Gasteiger partial charge in [0.25, 0.3) is 0 Å². The van der Waals surface area contributed by atoms with Crippen LogP contribution in [0.5, 0.6) is 0 Å². The first-order valence-corrected chi connectivity index (χ1v) is 7.64. The number of benzene rings is 1. The van der Waals surface area contributed by atoms with Crippen LogP contribution in [0.1, 0.15) is 12.5 Å². The van der Waals surface area contributed by atoms with Crippen molar-refractivity contribution >= 4 is 23.4 Å². The van der Waals surface area contributed by atoms with E-state index in [2.05, 4.69) is 48.3 Å². The number of carbonyl (C=O) groups excluding carboxylic acids is 1. The van der Waals surface area contributed by atoms with Crippen molar-refractivity contribution in [3.05, 3.63) is 29.8 Å². The van der Waals surface area contributed by atoms with E-state index in [0.29, 0.717) is 12.3 Å². The number of likely N-dealkylation sites (N-methyl/N-ethyl adjacent to an activating group) is 1. The number of hydrogen-bond acceptors (Lipinski definition) is 3. The summed E-state index contributed by atoms with van der Waals surface area (Å²) in [5.41, 5.74) is 2.48. The minimum atomic E-state index is 0.114. The van der Waals surface area contributed by atoms with Crippen LogP contribution in [0.2, 0.25) is 0 Å². The van der Waals surface area contributed by atoms with Crippen molar-refractivity contribution in [1.82, 2.24) is 5.32 Å². The second kappa shape index (κ2) is 8.03. The molecule has 4 heteroatoms. The monoisotopic (exact) mass is 266 g/mol. The minimum Gasteiger partial charge on any atom is -0.370 e. The first kappa shape index (κ1) is 14.9. The number of thioether (sulfide) groups is 1. The van der Waals surface area contributed by atoms with Crippen molar-refractivity contribution in [2.24, 2.45) is 0 Å². The standard InChI is InChI=1S/C14H22N2OS/c1-4-16(9-8-15-14(17)11-18-3)13-7-5-6-12(2)10-13/h5-7,10H,4,8-9,11H2,1-3H3,(H,15,17). The summed E-state index contributed by atoms with van der Waals surface area (Å²) in [6, 6.07) is 8.45. The fourth-order valence-corrected chi connectivity index (χ4v) is 2.17. The molecule has 0 spiro atoms. The fourth-order valence-electron chi connectivity index (χ4n) is 1.81. The van der Waals surface area contributed by atoms with Crippen molar-refractivity contribution in [2.75, 3.05) is 36.5 Å². The Morgan fingerprint density at radius 1 is 1.44 bits per heavy atom. The van der Waals surface area contributed by atoms with Crippen LogP contribution in [0.25, 0.3) is 0 Å². The van der Waals surface area contributed by atoms with Crippen LogP contribution >= 0.6 is 11.8 Å². The fraction of sp³-hybridized carbons (Fsp3) is 0.500. The number of carbonyl (C=O) groups is 1. The zero-order chi connectivity index (χ0) is 13.4. The maximum Gasteiger partial charge on any atom is 0.230 e. The Balaban J connectivity index is 2.45. The van der Waals surface area contributed by atoms with Crippen molar-refractivity contribution in [3.8, 4) is 0 Å². The second-order valence-electron chi connectivity index (χ2n) is 4.20. The van der Waals surface area contributed by atoms with E-state index in [4.69, 9.17) is 0 Å². The molecule has 1 aromatic carbocycles. The van der Waals surface area contributed by atoms with Gasteiger partial charge in [-0.05, 0) is 37.8 Å². The van der Waals surface area contributed by atoms with Crippen molar-refractivity contribution in [2.45, 2.75) is 13.8 Å². The normalized spacial score (nSPS) is 10.2. The molecule has 0 fully saturated rings. The van der Waals surface area contributed by atoms with Crippen LogP contribution < -0.4 is 10.2 Å². The van der Waals surface area contributed by atoms with Gasteiger partial charge in [-0.25, -0.2) is 0 Å². The molecule has 1 amide bonds. The van der Waals surface area contributed by atoms with Crippen molar-refractivity contribution in [1.29, 1.82) is 0 Å². The Morgan fingerprint density at radius 2 is 2.22 bits per heavy atom. The van der Waals surface area contributed by atoms with E-state index in [1.807, 2.05) is 6.26 Å². The summed E-state index contributed by atoms with van der Waals surface area (Å²) < 4.78 is 0. The molecule has 0 saturated heterocycles. The van der Waals surface area contributed by atoms with E-state index >= 15 is 0 Å². The van der Waals surface area contributed by atoms with E-state index in [-0.39, 0.29) is 5.91 Å². The minimum absolute atomic E-state index is 0.114. The molecule has 0 radical (unpaired) electrons. The third-order valence-electron chi connectivity index (χ3n) is 2.73. The maximum absolute atomic E-state index is 11.4. The highest BCUT2D eigenvalue weighted by Gasteiger charge is 2.05. The van der Waals surface area contributed by atoms with E-state index in [9.17, 15) is 4.79 Å². The Morgan fingerprint density at radius 3 is 2.83 bits per heavy atom. The van der Waals surface area contributed by atoms with Gasteiger partial charge in [-0.2, -0.15) is 11.8 Å². The summed E-state index contributed by atoms with van der Waals surface area (Å²) in [5.74, 6) is 0.652. The van der Waals surface area contributed by atoms with Gasteiger partial charge in [0.1, 0.15) is 0 Å². The van der Waals surface area contributed by atoms with E-state index in [1.54, 1.807) is 11.8 Å². The summed E-state index contributed by atoms with van der Waals surface area (Å²) in [5, 5.41) is 2.93. The smallest absolute Gasteiger partial charge is 0.230 e. The summed E-state index contributed by atoms with van der Waals surface area (Å²) in [6.07, 6.45) is 1.94. The van der Waals surface area contributed by atoms with Gasteiger partial charge in [-0.1, -0.05) is 12.1 Å². The van der Waals surface area contributed by atoms with Gasteiger partial charge in [-0.15, -0.1) is 0 Å². The maximum atomic E-state index is 11.4. The van der Waals surface area contributed by atoms with Crippen molar-refractivity contribution < 1.29 is 4.79 Å². The van der Waals surface area contributed by atoms with Crippen LogP contribution in [0.3, 0.4) is 0 Å². The number of nitrogens with one attached hydrogen (secondary N) is 1. The molecule has 0 aliphatic carbocycles. The van der Waals surface area contributed by atoms with E-state index < -0.39 is 0 Å². The Kier molecular flexibility index (Phi) is 6.65. The lowest BCUT2D eigenvalue weighted by atomic mass is 10.2. The highest BCUT2D eigenvalue weighted by atomic mass is 32.2. The summed E-state index contributed by atoms with van der Waals surface area (Å²) in [6.45, 7) is 6.72. The molecule has 100 valence electrons. The highest BCUT2D eigenvalue weighted by molar-refractivity contribution is 7.99. The molecule has 0 atom stereocenters. The van der Waals surface area contributed by atoms with Gasteiger partial charge in [0.15, 0.2) is 0 Å². The molecular formula is C14H22N2OS. The highest BCUT2D eigenvalue weighted by Crippen LogP contribution is 2.14. The molecule has 18 heavy (non-hydrogen) atoms. The Labute approximate surface area is 114 Å².